The van der Waals surface area contributed by atoms with Gasteiger partial charge >= 0.3 is 5.97 Å². The van der Waals surface area contributed by atoms with Crippen LogP contribution < -0.4 is 0 Å². The first kappa shape index (κ1) is 11.2. The van der Waals surface area contributed by atoms with Gasteiger partial charge < -0.3 is 4.74 Å². The molecule has 0 radical (unpaired) electrons. The van der Waals surface area contributed by atoms with Crippen LogP contribution in [-0.2, 0) is 9.53 Å². The molecule has 66 valence electrons. The lowest BCUT2D eigenvalue weighted by Gasteiger charge is -2.09. The third-order valence-electron chi connectivity index (χ3n) is 1.32. The lowest BCUT2D eigenvalue weighted by molar-refractivity contribution is -0.147. The molecule has 0 fully saturated rings. The highest BCUT2D eigenvalue weighted by molar-refractivity contribution is 14.1. The SMILES string of the molecule is CCC(I)COC(=O)C(C)C. The maximum atomic E-state index is 10.9. The molecule has 0 aromatic rings. The van der Waals surface area contributed by atoms with Gasteiger partial charge in [0.15, 0.2) is 0 Å². The minimum atomic E-state index is -0.0971. The van der Waals surface area contributed by atoms with Crippen molar-refractivity contribution < 1.29 is 9.53 Å². The van der Waals surface area contributed by atoms with E-state index in [1.165, 1.54) is 0 Å². The van der Waals surface area contributed by atoms with Crippen LogP contribution >= 0.6 is 22.6 Å². The number of ether oxygens (including phenoxy) is 1. The Labute approximate surface area is 81.8 Å². The van der Waals surface area contributed by atoms with Gasteiger partial charge in [-0.2, -0.15) is 0 Å². The minimum absolute atomic E-state index is 0.00421. The van der Waals surface area contributed by atoms with E-state index in [9.17, 15) is 4.79 Å². The quantitative estimate of drug-likeness (QED) is 0.445. The third kappa shape index (κ3) is 5.47. The van der Waals surface area contributed by atoms with E-state index in [-0.39, 0.29) is 11.9 Å². The Morgan fingerprint density at radius 3 is 2.45 bits per heavy atom. The van der Waals surface area contributed by atoms with Crippen molar-refractivity contribution in [1.29, 1.82) is 0 Å². The Morgan fingerprint density at radius 2 is 2.09 bits per heavy atom. The lowest BCUT2D eigenvalue weighted by Crippen LogP contribution is -2.16. The number of esters is 1. The molecule has 2 nitrogen and oxygen atoms in total. The maximum Gasteiger partial charge on any atom is 0.308 e. The van der Waals surface area contributed by atoms with Gasteiger partial charge in [0.1, 0.15) is 6.61 Å². The molecule has 0 amide bonds. The Morgan fingerprint density at radius 1 is 1.55 bits per heavy atom. The molecule has 0 spiro atoms. The summed E-state index contributed by atoms with van der Waals surface area (Å²) in [5.74, 6) is -0.101. The van der Waals surface area contributed by atoms with Crippen LogP contribution in [0.25, 0.3) is 0 Å². The molecule has 0 aliphatic rings. The Bertz CT molecular complexity index is 123. The highest BCUT2D eigenvalue weighted by Crippen LogP contribution is 2.06. The first-order valence-electron chi connectivity index (χ1n) is 3.88. The summed E-state index contributed by atoms with van der Waals surface area (Å²) in [5.41, 5.74) is 0. The molecule has 0 saturated heterocycles. The van der Waals surface area contributed by atoms with Crippen molar-refractivity contribution >= 4 is 28.6 Å². The second kappa shape index (κ2) is 5.80. The predicted octanol–water partition coefficient (Wildman–Crippen LogP) is 2.40. The highest BCUT2D eigenvalue weighted by atomic mass is 127. The summed E-state index contributed by atoms with van der Waals surface area (Å²) in [5, 5.41) is 0. The first-order chi connectivity index (χ1) is 5.07. The average Bonchev–Trinajstić information content (AvgIpc) is 1.99. The highest BCUT2D eigenvalue weighted by Gasteiger charge is 2.09. The Kier molecular flexibility index (Phi) is 5.91. The number of hydrogen-bond donors (Lipinski definition) is 0. The monoisotopic (exact) mass is 270 g/mol. The van der Waals surface area contributed by atoms with Gasteiger partial charge in [0.05, 0.1) is 5.92 Å². The van der Waals surface area contributed by atoms with E-state index < -0.39 is 0 Å². The zero-order chi connectivity index (χ0) is 8.85. The average molecular weight is 270 g/mol. The van der Waals surface area contributed by atoms with Crippen LogP contribution in [0, 0.1) is 5.92 Å². The molecule has 0 aromatic heterocycles. The second-order valence-electron chi connectivity index (χ2n) is 2.79. The summed E-state index contributed by atoms with van der Waals surface area (Å²) in [6, 6.07) is 0. The molecule has 0 rings (SSSR count). The fourth-order valence-corrected chi connectivity index (χ4v) is 0.637. The van der Waals surface area contributed by atoms with Gasteiger partial charge in [-0.1, -0.05) is 43.4 Å². The zero-order valence-corrected chi connectivity index (χ0v) is 9.42. The molecular formula is C8H15IO2. The van der Waals surface area contributed by atoms with Gasteiger partial charge in [-0.15, -0.1) is 0 Å². The Balaban J connectivity index is 3.46. The zero-order valence-electron chi connectivity index (χ0n) is 7.26. The third-order valence-corrected chi connectivity index (χ3v) is 2.56. The van der Waals surface area contributed by atoms with E-state index in [0.29, 0.717) is 10.5 Å². The summed E-state index contributed by atoms with van der Waals surface area (Å²) >= 11 is 2.29. The molecule has 0 heterocycles. The van der Waals surface area contributed by atoms with Crippen molar-refractivity contribution in [2.45, 2.75) is 31.1 Å². The second-order valence-corrected chi connectivity index (χ2v) is 4.55. The van der Waals surface area contributed by atoms with Crippen molar-refractivity contribution in [2.24, 2.45) is 5.92 Å². The first-order valence-corrected chi connectivity index (χ1v) is 5.13. The van der Waals surface area contributed by atoms with Crippen LogP contribution in [0.15, 0.2) is 0 Å². The Hall–Kier alpha value is 0.200. The number of rotatable bonds is 4. The van der Waals surface area contributed by atoms with Gasteiger partial charge in [-0.25, -0.2) is 0 Å². The van der Waals surface area contributed by atoms with Crippen LogP contribution in [-0.4, -0.2) is 16.5 Å². The van der Waals surface area contributed by atoms with Crippen LogP contribution in [0.5, 0.6) is 0 Å². The standard InChI is InChI=1S/C8H15IO2/c1-4-7(9)5-11-8(10)6(2)3/h6-7H,4-5H2,1-3H3. The number of carbonyl (C=O) groups excluding carboxylic acids is 1. The molecule has 0 aromatic carbocycles. The van der Waals surface area contributed by atoms with Gasteiger partial charge in [-0.3, -0.25) is 4.79 Å². The molecule has 1 unspecified atom stereocenters. The van der Waals surface area contributed by atoms with Crippen LogP contribution in [0.3, 0.4) is 0 Å². The van der Waals surface area contributed by atoms with Crippen LogP contribution in [0.4, 0.5) is 0 Å². The van der Waals surface area contributed by atoms with Gasteiger partial charge in [0.2, 0.25) is 0 Å². The van der Waals surface area contributed by atoms with Crippen molar-refractivity contribution in [2.75, 3.05) is 6.61 Å². The smallest absolute Gasteiger partial charge is 0.308 e. The molecule has 3 heteroatoms. The fourth-order valence-electron chi connectivity index (χ4n) is 0.457. The van der Waals surface area contributed by atoms with E-state index in [1.807, 2.05) is 13.8 Å². The topological polar surface area (TPSA) is 26.3 Å². The normalized spacial score (nSPS) is 13.2. The maximum absolute atomic E-state index is 10.9. The van der Waals surface area contributed by atoms with Crippen LogP contribution in [0.2, 0.25) is 0 Å². The molecule has 0 aliphatic heterocycles. The van der Waals surface area contributed by atoms with Crippen molar-refractivity contribution in [1.82, 2.24) is 0 Å². The van der Waals surface area contributed by atoms with Crippen molar-refractivity contribution in [3.63, 3.8) is 0 Å². The molecule has 0 aliphatic carbocycles. The molecule has 0 saturated carbocycles. The molecule has 0 bridgehead atoms. The molecule has 11 heavy (non-hydrogen) atoms. The van der Waals surface area contributed by atoms with Crippen molar-refractivity contribution in [3.8, 4) is 0 Å². The van der Waals surface area contributed by atoms with Crippen molar-refractivity contribution in [3.05, 3.63) is 0 Å². The summed E-state index contributed by atoms with van der Waals surface area (Å²) in [6.45, 7) is 6.32. The lowest BCUT2D eigenvalue weighted by atomic mass is 10.2. The van der Waals surface area contributed by atoms with Crippen LogP contribution in [0.1, 0.15) is 27.2 Å². The molecular weight excluding hydrogens is 255 g/mol. The summed E-state index contributed by atoms with van der Waals surface area (Å²) in [7, 11) is 0. The largest absolute Gasteiger partial charge is 0.464 e. The predicted molar refractivity (Wildman–Crippen MR) is 53.9 cm³/mol. The number of hydrogen-bond acceptors (Lipinski definition) is 2. The minimum Gasteiger partial charge on any atom is -0.464 e. The van der Waals surface area contributed by atoms with E-state index in [0.717, 1.165) is 6.42 Å². The molecule has 1 atom stereocenters. The molecule has 0 N–H and O–H groups in total. The number of halogens is 1. The van der Waals surface area contributed by atoms with Gasteiger partial charge in [0, 0.05) is 3.92 Å². The number of alkyl halides is 1. The summed E-state index contributed by atoms with van der Waals surface area (Å²) in [6.07, 6.45) is 1.05. The summed E-state index contributed by atoms with van der Waals surface area (Å²) < 4.78 is 5.46. The van der Waals surface area contributed by atoms with E-state index in [2.05, 4.69) is 29.5 Å². The fraction of sp³-hybridized carbons (Fsp3) is 0.875. The van der Waals surface area contributed by atoms with Gasteiger partial charge in [0.25, 0.3) is 0 Å². The van der Waals surface area contributed by atoms with E-state index >= 15 is 0 Å². The summed E-state index contributed by atoms with van der Waals surface area (Å²) in [4.78, 5) is 10.9. The number of carbonyl (C=O) groups is 1. The van der Waals surface area contributed by atoms with E-state index in [1.54, 1.807) is 0 Å². The van der Waals surface area contributed by atoms with E-state index in [4.69, 9.17) is 4.74 Å². The van der Waals surface area contributed by atoms with Gasteiger partial charge in [-0.05, 0) is 6.42 Å².